The number of anilines is 1. The lowest BCUT2D eigenvalue weighted by molar-refractivity contribution is -0.123. The second-order valence-electron chi connectivity index (χ2n) is 10.5. The lowest BCUT2D eigenvalue weighted by Crippen LogP contribution is -2.49. The minimum atomic E-state index is -0.876. The van der Waals surface area contributed by atoms with Gasteiger partial charge in [0.05, 0.1) is 11.9 Å². The van der Waals surface area contributed by atoms with Crippen LogP contribution in [0.5, 0.6) is 0 Å². The number of nitrogens with zero attached hydrogens (tertiary/aromatic N) is 4. The summed E-state index contributed by atoms with van der Waals surface area (Å²) >= 11 is 0. The summed E-state index contributed by atoms with van der Waals surface area (Å²) in [5.41, 5.74) is 3.80. The fraction of sp³-hybridized carbons (Fsp3) is 0.152. The third-order valence-electron chi connectivity index (χ3n) is 6.31. The van der Waals surface area contributed by atoms with Gasteiger partial charge in [0, 0.05) is 22.4 Å². The predicted molar refractivity (Wildman–Crippen MR) is 157 cm³/mol. The summed E-state index contributed by atoms with van der Waals surface area (Å²) in [4.78, 5) is 29.5. The molecule has 0 fully saturated rings. The Morgan fingerprint density at radius 3 is 1.95 bits per heavy atom. The van der Waals surface area contributed by atoms with Crippen LogP contribution in [0.4, 0.5) is 5.69 Å². The molecule has 4 aromatic carbocycles. The van der Waals surface area contributed by atoms with Crippen LogP contribution in [0.15, 0.2) is 121 Å². The number of hydrogen-bond donors (Lipinski definition) is 1. The Bertz CT molecular complexity index is 1580. The van der Waals surface area contributed by atoms with E-state index in [1.54, 1.807) is 21.7 Å². The monoisotopic (exact) mass is 529 g/mol. The van der Waals surface area contributed by atoms with Gasteiger partial charge in [-0.2, -0.15) is 0 Å². The zero-order valence-electron chi connectivity index (χ0n) is 22.7. The van der Waals surface area contributed by atoms with Crippen molar-refractivity contribution in [2.75, 3.05) is 4.90 Å². The standard InChI is InChI=1S/C33H31N5O2/c1-33(2,3)34-31(39)30(25-15-9-5-10-16-25)38(28-17-11-6-12-18-28)32(40)26-19-21-27(22-20-26)37-23-29(35-36-37)24-13-7-4-8-14-24/h4-23,30H,1-3H3,(H,34,39). The molecule has 1 aromatic heterocycles. The van der Waals surface area contributed by atoms with Crippen LogP contribution in [0.2, 0.25) is 0 Å². The van der Waals surface area contributed by atoms with Crippen LogP contribution in [0.1, 0.15) is 42.7 Å². The van der Waals surface area contributed by atoms with Crippen molar-refractivity contribution in [3.05, 3.63) is 133 Å². The zero-order valence-corrected chi connectivity index (χ0v) is 22.7. The third kappa shape index (κ3) is 5.99. The number of amides is 2. The summed E-state index contributed by atoms with van der Waals surface area (Å²) in [5, 5.41) is 11.6. The number of carbonyl (C=O) groups excluding carboxylic acids is 2. The SMILES string of the molecule is CC(C)(C)NC(=O)C(c1ccccc1)N(C(=O)c1ccc(-n2cc(-c3ccccc3)nn2)cc1)c1ccccc1. The maximum atomic E-state index is 14.2. The van der Waals surface area contributed by atoms with Crippen molar-refractivity contribution >= 4 is 17.5 Å². The van der Waals surface area contributed by atoms with Gasteiger partial charge in [0.25, 0.3) is 5.91 Å². The molecule has 0 spiro atoms. The largest absolute Gasteiger partial charge is 0.349 e. The van der Waals surface area contributed by atoms with E-state index in [2.05, 4.69) is 15.6 Å². The van der Waals surface area contributed by atoms with Gasteiger partial charge in [0.15, 0.2) is 0 Å². The summed E-state index contributed by atoms with van der Waals surface area (Å²) in [7, 11) is 0. The molecule has 1 N–H and O–H groups in total. The number of aromatic nitrogens is 3. The molecule has 0 radical (unpaired) electrons. The summed E-state index contributed by atoms with van der Waals surface area (Å²) < 4.78 is 1.68. The fourth-order valence-electron chi connectivity index (χ4n) is 4.49. The Morgan fingerprint density at radius 1 is 0.775 bits per heavy atom. The van der Waals surface area contributed by atoms with Crippen molar-refractivity contribution in [3.8, 4) is 16.9 Å². The van der Waals surface area contributed by atoms with Gasteiger partial charge in [0.1, 0.15) is 11.7 Å². The Kier molecular flexibility index (Phi) is 7.55. The number of carbonyl (C=O) groups is 2. The highest BCUT2D eigenvalue weighted by molar-refractivity contribution is 6.10. The summed E-state index contributed by atoms with van der Waals surface area (Å²) in [6, 6.07) is 34.8. The van der Waals surface area contributed by atoms with E-state index in [0.717, 1.165) is 16.9 Å². The second-order valence-corrected chi connectivity index (χ2v) is 10.5. The molecule has 1 heterocycles. The highest BCUT2D eigenvalue weighted by atomic mass is 16.2. The lowest BCUT2D eigenvalue weighted by atomic mass is 10.00. The Hall–Kier alpha value is -5.04. The fourth-order valence-corrected chi connectivity index (χ4v) is 4.49. The molecular formula is C33H31N5O2. The molecule has 5 aromatic rings. The minimum Gasteiger partial charge on any atom is -0.349 e. The van der Waals surface area contributed by atoms with E-state index < -0.39 is 11.6 Å². The first kappa shape index (κ1) is 26.6. The smallest absolute Gasteiger partial charge is 0.259 e. The topological polar surface area (TPSA) is 80.1 Å². The maximum Gasteiger partial charge on any atom is 0.259 e. The summed E-state index contributed by atoms with van der Waals surface area (Å²) in [5.74, 6) is -0.553. The van der Waals surface area contributed by atoms with E-state index in [0.29, 0.717) is 16.8 Å². The van der Waals surface area contributed by atoms with Gasteiger partial charge in [-0.25, -0.2) is 4.68 Å². The summed E-state index contributed by atoms with van der Waals surface area (Å²) in [6.45, 7) is 5.77. The van der Waals surface area contributed by atoms with Gasteiger partial charge in [-0.15, -0.1) is 5.10 Å². The molecule has 0 aliphatic carbocycles. The van der Waals surface area contributed by atoms with E-state index in [-0.39, 0.29) is 11.8 Å². The molecule has 1 unspecified atom stereocenters. The van der Waals surface area contributed by atoms with Gasteiger partial charge >= 0.3 is 0 Å². The van der Waals surface area contributed by atoms with Crippen LogP contribution >= 0.6 is 0 Å². The molecule has 200 valence electrons. The minimum absolute atomic E-state index is 0.261. The zero-order chi connectivity index (χ0) is 28.1. The second kappa shape index (κ2) is 11.4. The van der Waals surface area contributed by atoms with Crippen LogP contribution in [-0.2, 0) is 4.79 Å². The van der Waals surface area contributed by atoms with Gasteiger partial charge in [-0.3, -0.25) is 14.5 Å². The molecule has 7 nitrogen and oxygen atoms in total. The van der Waals surface area contributed by atoms with Gasteiger partial charge in [-0.1, -0.05) is 84.1 Å². The molecule has 0 saturated heterocycles. The van der Waals surface area contributed by atoms with E-state index in [9.17, 15) is 9.59 Å². The number of benzene rings is 4. The molecule has 0 bridgehead atoms. The van der Waals surface area contributed by atoms with Crippen molar-refractivity contribution in [1.29, 1.82) is 0 Å². The van der Waals surface area contributed by atoms with Crippen molar-refractivity contribution < 1.29 is 9.59 Å². The van der Waals surface area contributed by atoms with Crippen LogP contribution in [-0.4, -0.2) is 32.3 Å². The lowest BCUT2D eigenvalue weighted by Gasteiger charge is -2.34. The van der Waals surface area contributed by atoms with E-state index in [1.807, 2.05) is 130 Å². The first-order valence-corrected chi connectivity index (χ1v) is 13.1. The number of rotatable bonds is 7. The van der Waals surface area contributed by atoms with Crippen LogP contribution < -0.4 is 10.2 Å². The van der Waals surface area contributed by atoms with Crippen LogP contribution in [0.25, 0.3) is 16.9 Å². The van der Waals surface area contributed by atoms with Crippen LogP contribution in [0, 0.1) is 0 Å². The Labute approximate surface area is 234 Å². The molecular weight excluding hydrogens is 498 g/mol. The number of nitrogens with one attached hydrogen (secondary N) is 1. The van der Waals surface area contributed by atoms with Gasteiger partial charge in [-0.05, 0) is 62.7 Å². The normalized spacial score (nSPS) is 12.0. The first-order valence-electron chi connectivity index (χ1n) is 13.1. The molecule has 1 atom stereocenters. The van der Waals surface area contributed by atoms with Gasteiger partial charge < -0.3 is 5.32 Å². The average Bonchev–Trinajstić information content (AvgIpc) is 3.47. The van der Waals surface area contributed by atoms with Crippen molar-refractivity contribution in [3.63, 3.8) is 0 Å². The molecule has 0 aliphatic heterocycles. The first-order chi connectivity index (χ1) is 19.3. The van der Waals surface area contributed by atoms with Crippen molar-refractivity contribution in [1.82, 2.24) is 20.3 Å². The Balaban J connectivity index is 1.50. The van der Waals surface area contributed by atoms with E-state index >= 15 is 0 Å². The molecule has 0 aliphatic rings. The quantitative estimate of drug-likeness (QED) is 0.271. The summed E-state index contributed by atoms with van der Waals surface area (Å²) in [6.07, 6.45) is 1.85. The molecule has 5 rings (SSSR count). The van der Waals surface area contributed by atoms with Crippen molar-refractivity contribution in [2.45, 2.75) is 32.4 Å². The van der Waals surface area contributed by atoms with E-state index in [1.165, 1.54) is 0 Å². The van der Waals surface area contributed by atoms with Crippen LogP contribution in [0.3, 0.4) is 0 Å². The number of para-hydroxylation sites is 1. The number of hydrogen-bond acceptors (Lipinski definition) is 4. The molecule has 0 saturated carbocycles. The van der Waals surface area contributed by atoms with Gasteiger partial charge in [0.2, 0.25) is 5.91 Å². The highest BCUT2D eigenvalue weighted by Crippen LogP contribution is 2.30. The molecule has 40 heavy (non-hydrogen) atoms. The Morgan fingerprint density at radius 2 is 1.35 bits per heavy atom. The van der Waals surface area contributed by atoms with E-state index in [4.69, 9.17) is 0 Å². The molecule has 2 amide bonds. The third-order valence-corrected chi connectivity index (χ3v) is 6.31. The predicted octanol–water partition coefficient (Wildman–Crippen LogP) is 6.24. The molecule has 7 heteroatoms. The van der Waals surface area contributed by atoms with Crippen molar-refractivity contribution in [2.24, 2.45) is 0 Å². The average molecular weight is 530 g/mol. The highest BCUT2D eigenvalue weighted by Gasteiger charge is 2.34. The maximum absolute atomic E-state index is 14.2.